The van der Waals surface area contributed by atoms with Crippen LogP contribution >= 0.6 is 0 Å². The van der Waals surface area contributed by atoms with E-state index in [1.165, 1.54) is 58.0 Å². The fourth-order valence-electron chi connectivity index (χ4n) is 5.54. The first kappa shape index (κ1) is 13.5. The molecule has 0 bridgehead atoms. The minimum Gasteiger partial charge on any atom is -0.375 e. The van der Waals surface area contributed by atoms with Crippen LogP contribution in [0.15, 0.2) is 0 Å². The Kier molecular flexibility index (Phi) is 3.53. The maximum Gasteiger partial charge on any atom is 0.0731 e. The molecule has 4 heteroatoms. The minimum atomic E-state index is 0.247. The monoisotopic (exact) mass is 279 g/mol. The molecule has 3 aliphatic heterocycles. The molecule has 0 aromatic heterocycles. The second kappa shape index (κ2) is 5.24. The van der Waals surface area contributed by atoms with Gasteiger partial charge in [-0.1, -0.05) is 6.42 Å². The van der Waals surface area contributed by atoms with Crippen LogP contribution in [0.25, 0.3) is 0 Å². The zero-order chi connectivity index (χ0) is 13.6. The molecule has 4 aliphatic rings. The van der Waals surface area contributed by atoms with Gasteiger partial charge in [0.15, 0.2) is 0 Å². The Labute approximate surface area is 122 Å². The van der Waals surface area contributed by atoms with Gasteiger partial charge in [-0.05, 0) is 45.1 Å². The average molecular weight is 279 g/mol. The van der Waals surface area contributed by atoms with Gasteiger partial charge in [-0.3, -0.25) is 9.80 Å². The Bertz CT molecular complexity index is 364. The van der Waals surface area contributed by atoms with Crippen molar-refractivity contribution in [2.45, 2.75) is 68.7 Å². The molecule has 0 aromatic carbocycles. The first-order valence-electron chi connectivity index (χ1n) is 8.68. The van der Waals surface area contributed by atoms with Crippen LogP contribution in [0.4, 0.5) is 0 Å². The summed E-state index contributed by atoms with van der Waals surface area (Å²) in [5.41, 5.74) is 6.63. The lowest BCUT2D eigenvalue weighted by molar-refractivity contribution is -0.107. The SMILES string of the molecule is NCC1(N2CCOC3CCCC32)CCN2CCCCC21. The summed E-state index contributed by atoms with van der Waals surface area (Å²) in [5, 5.41) is 0. The molecule has 1 aliphatic carbocycles. The first-order chi connectivity index (χ1) is 9.85. The molecular formula is C16H29N3O. The second-order valence-corrected chi connectivity index (χ2v) is 7.21. The van der Waals surface area contributed by atoms with Gasteiger partial charge in [0, 0.05) is 31.7 Å². The molecule has 1 saturated carbocycles. The van der Waals surface area contributed by atoms with Crippen molar-refractivity contribution in [1.29, 1.82) is 0 Å². The first-order valence-corrected chi connectivity index (χ1v) is 8.68. The molecule has 4 rings (SSSR count). The highest BCUT2D eigenvalue weighted by Crippen LogP contribution is 2.43. The van der Waals surface area contributed by atoms with Crippen LogP contribution in [-0.4, -0.2) is 66.3 Å². The number of fused-ring (bicyclic) bond motifs is 2. The van der Waals surface area contributed by atoms with Crippen molar-refractivity contribution in [3.63, 3.8) is 0 Å². The van der Waals surface area contributed by atoms with E-state index < -0.39 is 0 Å². The second-order valence-electron chi connectivity index (χ2n) is 7.21. The molecule has 0 amide bonds. The third-order valence-corrected chi connectivity index (χ3v) is 6.47. The summed E-state index contributed by atoms with van der Waals surface area (Å²) in [6, 6.07) is 1.36. The molecule has 114 valence electrons. The molecule has 4 unspecified atom stereocenters. The van der Waals surface area contributed by atoms with E-state index in [9.17, 15) is 0 Å². The minimum absolute atomic E-state index is 0.247. The van der Waals surface area contributed by atoms with Crippen molar-refractivity contribution in [3.05, 3.63) is 0 Å². The number of morpholine rings is 1. The quantitative estimate of drug-likeness (QED) is 0.824. The Morgan fingerprint density at radius 3 is 2.90 bits per heavy atom. The van der Waals surface area contributed by atoms with Crippen molar-refractivity contribution >= 4 is 0 Å². The molecule has 4 fully saturated rings. The highest BCUT2D eigenvalue weighted by atomic mass is 16.5. The van der Waals surface area contributed by atoms with Gasteiger partial charge in [-0.15, -0.1) is 0 Å². The number of piperidine rings is 1. The summed E-state index contributed by atoms with van der Waals surface area (Å²) < 4.78 is 6.02. The number of hydrogen-bond donors (Lipinski definition) is 1. The average Bonchev–Trinajstić information content (AvgIpc) is 3.12. The lowest BCUT2D eigenvalue weighted by atomic mass is 9.82. The van der Waals surface area contributed by atoms with E-state index in [2.05, 4.69) is 9.80 Å². The normalized spacial score (nSPS) is 46.4. The van der Waals surface area contributed by atoms with Crippen LogP contribution in [0, 0.1) is 0 Å². The van der Waals surface area contributed by atoms with Gasteiger partial charge < -0.3 is 10.5 Å². The molecule has 3 saturated heterocycles. The van der Waals surface area contributed by atoms with E-state index >= 15 is 0 Å². The summed E-state index contributed by atoms with van der Waals surface area (Å²) in [7, 11) is 0. The van der Waals surface area contributed by atoms with Gasteiger partial charge in [-0.2, -0.15) is 0 Å². The Balaban J connectivity index is 1.63. The van der Waals surface area contributed by atoms with Gasteiger partial charge in [0.2, 0.25) is 0 Å². The van der Waals surface area contributed by atoms with Crippen LogP contribution in [0.5, 0.6) is 0 Å². The maximum atomic E-state index is 6.38. The standard InChI is InChI=1S/C16H29N3O/c17-12-16(7-9-18-8-2-1-6-15(16)18)19-10-11-20-14-5-3-4-13(14)19/h13-15H,1-12,17H2. The third kappa shape index (κ3) is 1.88. The summed E-state index contributed by atoms with van der Waals surface area (Å²) in [5.74, 6) is 0. The topological polar surface area (TPSA) is 41.7 Å². The third-order valence-electron chi connectivity index (χ3n) is 6.47. The van der Waals surface area contributed by atoms with Crippen LogP contribution in [0.2, 0.25) is 0 Å². The van der Waals surface area contributed by atoms with Crippen molar-refractivity contribution in [2.24, 2.45) is 5.73 Å². The number of hydrogen-bond acceptors (Lipinski definition) is 4. The number of nitrogens with zero attached hydrogens (tertiary/aromatic N) is 2. The van der Waals surface area contributed by atoms with Gasteiger partial charge in [0.25, 0.3) is 0 Å². The van der Waals surface area contributed by atoms with E-state index in [0.717, 1.165) is 19.7 Å². The van der Waals surface area contributed by atoms with E-state index in [0.29, 0.717) is 18.2 Å². The van der Waals surface area contributed by atoms with Crippen LogP contribution in [0.3, 0.4) is 0 Å². The van der Waals surface area contributed by atoms with E-state index in [1.54, 1.807) is 0 Å². The van der Waals surface area contributed by atoms with Gasteiger partial charge >= 0.3 is 0 Å². The Morgan fingerprint density at radius 1 is 1.05 bits per heavy atom. The zero-order valence-electron chi connectivity index (χ0n) is 12.6. The Morgan fingerprint density at radius 2 is 2.00 bits per heavy atom. The molecule has 0 radical (unpaired) electrons. The predicted molar refractivity (Wildman–Crippen MR) is 79.7 cm³/mol. The van der Waals surface area contributed by atoms with Crippen molar-refractivity contribution in [1.82, 2.24) is 9.80 Å². The summed E-state index contributed by atoms with van der Waals surface area (Å²) in [6.07, 6.45) is 9.80. The summed E-state index contributed by atoms with van der Waals surface area (Å²) >= 11 is 0. The van der Waals surface area contributed by atoms with E-state index in [1.807, 2.05) is 0 Å². The molecule has 4 nitrogen and oxygen atoms in total. The van der Waals surface area contributed by atoms with Crippen LogP contribution in [-0.2, 0) is 4.74 Å². The number of nitrogens with two attached hydrogens (primary N) is 1. The lowest BCUT2D eigenvalue weighted by Crippen LogP contribution is -2.67. The number of rotatable bonds is 2. The van der Waals surface area contributed by atoms with Crippen LogP contribution in [0.1, 0.15) is 44.9 Å². The van der Waals surface area contributed by atoms with Crippen LogP contribution < -0.4 is 5.73 Å². The van der Waals surface area contributed by atoms with Crippen molar-refractivity contribution in [3.8, 4) is 0 Å². The molecule has 0 spiro atoms. The molecule has 3 heterocycles. The summed E-state index contributed by atoms with van der Waals surface area (Å²) in [6.45, 7) is 5.40. The van der Waals surface area contributed by atoms with Gasteiger partial charge in [0.05, 0.1) is 18.2 Å². The Hall–Kier alpha value is -0.160. The largest absolute Gasteiger partial charge is 0.375 e. The number of ether oxygens (including phenoxy) is 1. The summed E-state index contributed by atoms with van der Waals surface area (Å²) in [4.78, 5) is 5.54. The van der Waals surface area contributed by atoms with E-state index in [-0.39, 0.29) is 5.54 Å². The highest BCUT2D eigenvalue weighted by molar-refractivity contribution is 5.11. The fraction of sp³-hybridized carbons (Fsp3) is 1.00. The zero-order valence-corrected chi connectivity index (χ0v) is 12.6. The van der Waals surface area contributed by atoms with Gasteiger partial charge in [0.1, 0.15) is 0 Å². The molecular weight excluding hydrogens is 250 g/mol. The molecule has 4 atom stereocenters. The molecule has 20 heavy (non-hydrogen) atoms. The van der Waals surface area contributed by atoms with Crippen molar-refractivity contribution < 1.29 is 4.74 Å². The molecule has 2 N–H and O–H groups in total. The van der Waals surface area contributed by atoms with Crippen molar-refractivity contribution in [2.75, 3.05) is 32.8 Å². The maximum absolute atomic E-state index is 6.38. The molecule has 0 aromatic rings. The smallest absolute Gasteiger partial charge is 0.0731 e. The highest BCUT2D eigenvalue weighted by Gasteiger charge is 2.54. The predicted octanol–water partition coefficient (Wildman–Crippen LogP) is 1.20. The van der Waals surface area contributed by atoms with E-state index in [4.69, 9.17) is 10.5 Å². The van der Waals surface area contributed by atoms with Gasteiger partial charge in [-0.25, -0.2) is 0 Å². The lowest BCUT2D eigenvalue weighted by Gasteiger charge is -2.52. The fourth-order valence-corrected chi connectivity index (χ4v) is 5.54.